The predicted octanol–water partition coefficient (Wildman–Crippen LogP) is 1.84. The van der Waals surface area contributed by atoms with Gasteiger partial charge in [-0.3, -0.25) is 0 Å². The van der Waals surface area contributed by atoms with Gasteiger partial charge < -0.3 is 5.32 Å². The molecule has 0 amide bonds. The molecule has 1 aliphatic rings. The smallest absolute Gasteiger partial charge is 0.147 e. The summed E-state index contributed by atoms with van der Waals surface area (Å²) >= 11 is 0. The molecule has 0 spiro atoms. The van der Waals surface area contributed by atoms with E-state index >= 15 is 0 Å². The molecule has 0 saturated heterocycles. The van der Waals surface area contributed by atoms with Crippen molar-refractivity contribution in [3.63, 3.8) is 0 Å². The third kappa shape index (κ3) is 4.83. The fraction of sp³-hybridized carbons (Fsp3) is 1.00. The summed E-state index contributed by atoms with van der Waals surface area (Å²) < 4.78 is 22.4. The minimum absolute atomic E-state index is 0.315. The summed E-state index contributed by atoms with van der Waals surface area (Å²) in [5, 5.41) is 3.45. The Labute approximate surface area is 99.9 Å². The Morgan fingerprint density at radius 2 is 2.06 bits per heavy atom. The minimum Gasteiger partial charge on any atom is -0.314 e. The Bertz CT molecular complexity index is 300. The summed E-state index contributed by atoms with van der Waals surface area (Å²) in [6.07, 6.45) is 5.90. The van der Waals surface area contributed by atoms with Crippen LogP contribution in [-0.4, -0.2) is 33.0 Å². The molecule has 0 aromatic rings. The fourth-order valence-electron chi connectivity index (χ4n) is 2.72. The summed E-state index contributed by atoms with van der Waals surface area (Å²) in [5.74, 6) is 1.80. The first-order valence-electron chi connectivity index (χ1n) is 6.33. The zero-order chi connectivity index (χ0) is 12.2. The molecule has 3 unspecified atom stereocenters. The highest BCUT2D eigenvalue weighted by Gasteiger charge is 2.28. The van der Waals surface area contributed by atoms with Gasteiger partial charge in [0.05, 0.1) is 5.75 Å². The average Bonchev–Trinajstić information content (AvgIpc) is 2.57. The van der Waals surface area contributed by atoms with Gasteiger partial charge in [0.1, 0.15) is 9.84 Å². The molecule has 0 radical (unpaired) electrons. The van der Waals surface area contributed by atoms with E-state index < -0.39 is 9.84 Å². The normalized spacial score (nSPS) is 28.2. The van der Waals surface area contributed by atoms with Crippen molar-refractivity contribution in [3.05, 3.63) is 0 Å². The molecule has 0 aromatic heterocycles. The Hall–Kier alpha value is -0.0900. The standard InChI is InChI=1S/C12H25NO2S/c1-4-13-12(7-8-16(3,14)15)11-6-5-10(2)9-11/h10-13H,4-9H2,1-3H3. The Kier molecular flexibility index (Phi) is 5.25. The Morgan fingerprint density at radius 1 is 1.38 bits per heavy atom. The van der Waals surface area contributed by atoms with Crippen molar-refractivity contribution < 1.29 is 8.42 Å². The Morgan fingerprint density at radius 3 is 2.50 bits per heavy atom. The lowest BCUT2D eigenvalue weighted by atomic mass is 9.95. The fourth-order valence-corrected chi connectivity index (χ4v) is 3.41. The van der Waals surface area contributed by atoms with Gasteiger partial charge in [0, 0.05) is 12.3 Å². The maximum absolute atomic E-state index is 11.2. The van der Waals surface area contributed by atoms with E-state index in [1.54, 1.807) is 0 Å². The highest BCUT2D eigenvalue weighted by Crippen LogP contribution is 2.33. The quantitative estimate of drug-likeness (QED) is 0.779. The number of nitrogens with one attached hydrogen (secondary N) is 1. The number of sulfone groups is 1. The monoisotopic (exact) mass is 247 g/mol. The van der Waals surface area contributed by atoms with Gasteiger partial charge in [-0.2, -0.15) is 0 Å². The second-order valence-electron chi connectivity index (χ2n) is 5.26. The van der Waals surface area contributed by atoms with Crippen molar-refractivity contribution in [2.24, 2.45) is 11.8 Å². The van der Waals surface area contributed by atoms with Crippen LogP contribution in [0.4, 0.5) is 0 Å². The van der Waals surface area contributed by atoms with E-state index in [0.717, 1.165) is 18.9 Å². The van der Waals surface area contributed by atoms with Gasteiger partial charge in [-0.1, -0.05) is 20.3 Å². The molecule has 0 aromatic carbocycles. The van der Waals surface area contributed by atoms with Crippen LogP contribution in [0.15, 0.2) is 0 Å². The third-order valence-corrected chi connectivity index (χ3v) is 4.55. The highest BCUT2D eigenvalue weighted by molar-refractivity contribution is 7.90. The molecule has 16 heavy (non-hydrogen) atoms. The lowest BCUT2D eigenvalue weighted by molar-refractivity contribution is 0.348. The molecule has 0 aliphatic heterocycles. The maximum Gasteiger partial charge on any atom is 0.147 e. The minimum atomic E-state index is -2.82. The van der Waals surface area contributed by atoms with Crippen molar-refractivity contribution >= 4 is 9.84 Å². The van der Waals surface area contributed by atoms with Crippen LogP contribution in [0.25, 0.3) is 0 Å². The molecule has 4 heteroatoms. The van der Waals surface area contributed by atoms with Crippen LogP contribution in [0.3, 0.4) is 0 Å². The van der Waals surface area contributed by atoms with E-state index in [9.17, 15) is 8.42 Å². The van der Waals surface area contributed by atoms with Crippen LogP contribution < -0.4 is 5.32 Å². The van der Waals surface area contributed by atoms with Crippen LogP contribution >= 0.6 is 0 Å². The second kappa shape index (κ2) is 6.01. The largest absolute Gasteiger partial charge is 0.314 e. The number of hydrogen-bond donors (Lipinski definition) is 1. The molecule has 3 nitrogen and oxygen atoms in total. The van der Waals surface area contributed by atoms with Gasteiger partial charge in [0.2, 0.25) is 0 Å². The molecule has 0 bridgehead atoms. The lowest BCUT2D eigenvalue weighted by Crippen LogP contribution is -2.36. The zero-order valence-corrected chi connectivity index (χ0v) is 11.5. The van der Waals surface area contributed by atoms with E-state index in [4.69, 9.17) is 0 Å². The van der Waals surface area contributed by atoms with E-state index in [0.29, 0.717) is 17.7 Å². The first kappa shape index (κ1) is 14.0. The predicted molar refractivity (Wildman–Crippen MR) is 68.3 cm³/mol. The summed E-state index contributed by atoms with van der Waals surface area (Å²) in [7, 11) is -2.82. The molecule has 1 N–H and O–H groups in total. The highest BCUT2D eigenvalue weighted by atomic mass is 32.2. The van der Waals surface area contributed by atoms with Gasteiger partial charge in [0.25, 0.3) is 0 Å². The van der Waals surface area contributed by atoms with Gasteiger partial charge >= 0.3 is 0 Å². The topological polar surface area (TPSA) is 46.2 Å². The van der Waals surface area contributed by atoms with Crippen LogP contribution in [-0.2, 0) is 9.84 Å². The lowest BCUT2D eigenvalue weighted by Gasteiger charge is -2.24. The van der Waals surface area contributed by atoms with Gasteiger partial charge in [0.15, 0.2) is 0 Å². The summed E-state index contributed by atoms with van der Waals surface area (Å²) in [4.78, 5) is 0. The van der Waals surface area contributed by atoms with E-state index in [1.165, 1.54) is 25.5 Å². The zero-order valence-electron chi connectivity index (χ0n) is 10.7. The molecule has 0 heterocycles. The van der Waals surface area contributed by atoms with E-state index in [-0.39, 0.29) is 0 Å². The molecule has 1 fully saturated rings. The van der Waals surface area contributed by atoms with Crippen LogP contribution in [0.5, 0.6) is 0 Å². The molecular weight excluding hydrogens is 222 g/mol. The van der Waals surface area contributed by atoms with Crippen molar-refractivity contribution in [3.8, 4) is 0 Å². The van der Waals surface area contributed by atoms with Crippen LogP contribution in [0, 0.1) is 11.8 Å². The van der Waals surface area contributed by atoms with Crippen molar-refractivity contribution in [2.45, 2.75) is 45.6 Å². The van der Waals surface area contributed by atoms with Crippen molar-refractivity contribution in [2.75, 3.05) is 18.6 Å². The second-order valence-corrected chi connectivity index (χ2v) is 7.52. The summed E-state index contributed by atoms with van der Waals surface area (Å²) in [6, 6.07) is 0.393. The molecule has 1 aliphatic carbocycles. The first-order chi connectivity index (χ1) is 7.42. The first-order valence-corrected chi connectivity index (χ1v) is 8.39. The number of rotatable bonds is 6. The van der Waals surface area contributed by atoms with Crippen molar-refractivity contribution in [1.29, 1.82) is 0 Å². The van der Waals surface area contributed by atoms with Crippen LogP contribution in [0.1, 0.15) is 39.5 Å². The van der Waals surface area contributed by atoms with Crippen LogP contribution in [0.2, 0.25) is 0 Å². The van der Waals surface area contributed by atoms with E-state index in [1.807, 2.05) is 0 Å². The molecule has 1 rings (SSSR count). The summed E-state index contributed by atoms with van der Waals surface area (Å²) in [5.41, 5.74) is 0. The van der Waals surface area contributed by atoms with Gasteiger partial charge in [-0.25, -0.2) is 8.42 Å². The number of hydrogen-bond acceptors (Lipinski definition) is 3. The molecule has 96 valence electrons. The van der Waals surface area contributed by atoms with E-state index in [2.05, 4.69) is 19.2 Å². The van der Waals surface area contributed by atoms with Gasteiger partial charge in [-0.15, -0.1) is 0 Å². The third-order valence-electron chi connectivity index (χ3n) is 3.57. The van der Waals surface area contributed by atoms with Crippen molar-refractivity contribution in [1.82, 2.24) is 5.32 Å². The molecular formula is C12H25NO2S. The Balaban J connectivity index is 2.47. The summed E-state index contributed by atoms with van der Waals surface area (Å²) in [6.45, 7) is 5.31. The maximum atomic E-state index is 11.2. The average molecular weight is 247 g/mol. The van der Waals surface area contributed by atoms with Gasteiger partial charge in [-0.05, 0) is 37.6 Å². The molecule has 3 atom stereocenters. The molecule has 1 saturated carbocycles. The SMILES string of the molecule is CCNC(CCS(C)(=O)=O)C1CCC(C)C1.